The minimum Gasteiger partial charge on any atom is -0.232 e. The molecule has 0 bridgehead atoms. The summed E-state index contributed by atoms with van der Waals surface area (Å²) < 4.78 is 0. The molecule has 1 unspecified atom stereocenters. The average Bonchev–Trinajstić information content (AvgIpc) is 1.86. The molecule has 1 aliphatic rings. The molecule has 1 heterocycles. The number of thioether (sulfide) groups is 1. The molecule has 1 atom stereocenters. The van der Waals surface area contributed by atoms with Crippen molar-refractivity contribution < 1.29 is 5.11 Å². The van der Waals surface area contributed by atoms with E-state index < -0.39 is 0 Å². The Morgan fingerprint density at radius 1 is 1.67 bits per heavy atom. The van der Waals surface area contributed by atoms with E-state index in [9.17, 15) is 5.11 Å². The second-order valence-electron chi connectivity index (χ2n) is 1.49. The van der Waals surface area contributed by atoms with E-state index in [2.05, 4.69) is 0 Å². The Balaban J connectivity index is 2.18. The summed E-state index contributed by atoms with van der Waals surface area (Å²) in [4.78, 5) is 0. The van der Waals surface area contributed by atoms with E-state index >= 15 is 0 Å². The molecule has 0 aromatic carbocycles. The second-order valence-corrected chi connectivity index (χ2v) is 2.64. The van der Waals surface area contributed by atoms with Crippen LogP contribution in [0, 0.1) is 0 Å². The zero-order valence-electron chi connectivity index (χ0n) is 3.52. The predicted molar refractivity (Wildman–Crippen MR) is 26.4 cm³/mol. The minimum atomic E-state index is -0.241. The van der Waals surface area contributed by atoms with E-state index in [0.29, 0.717) is 0 Å². The quantitative estimate of drug-likeness (QED) is 0.446. The first-order valence-corrected chi connectivity index (χ1v) is 3.28. The van der Waals surface area contributed by atoms with Crippen molar-refractivity contribution in [1.82, 2.24) is 0 Å². The Labute approximate surface area is 41.7 Å². The van der Waals surface area contributed by atoms with Crippen LogP contribution in [0.2, 0.25) is 0 Å². The van der Waals surface area contributed by atoms with Gasteiger partial charge in [-0.05, 0) is 12.2 Å². The van der Waals surface area contributed by atoms with Crippen molar-refractivity contribution >= 4 is 11.8 Å². The van der Waals surface area contributed by atoms with Gasteiger partial charge in [0.05, 0.1) is 0 Å². The lowest BCUT2D eigenvalue weighted by Gasteiger charge is -1.85. The molecule has 0 N–H and O–H groups in total. The number of rotatable bonds is 0. The number of hydrogen-bond donors (Lipinski definition) is 0. The van der Waals surface area contributed by atoms with Crippen LogP contribution in [0.3, 0.4) is 0 Å². The van der Waals surface area contributed by atoms with Crippen LogP contribution in [-0.4, -0.2) is 17.6 Å². The highest BCUT2D eigenvalue weighted by atomic mass is 32.2. The highest BCUT2D eigenvalue weighted by Crippen LogP contribution is 2.16. The highest BCUT2D eigenvalue weighted by Gasteiger charge is 2.11. The van der Waals surface area contributed by atoms with E-state index in [1.807, 2.05) is 0 Å². The van der Waals surface area contributed by atoms with E-state index in [1.165, 1.54) is 0 Å². The smallest absolute Gasteiger partial charge is 0.103 e. The van der Waals surface area contributed by atoms with Gasteiger partial charge in [0.2, 0.25) is 0 Å². The number of hydrogen-bond acceptors (Lipinski definition) is 1. The average molecular weight is 103 g/mol. The maximum absolute atomic E-state index is 10.3. The lowest BCUT2D eigenvalue weighted by atomic mass is 10.3. The second kappa shape index (κ2) is 1.85. The molecule has 1 aliphatic heterocycles. The Morgan fingerprint density at radius 3 is 2.67 bits per heavy atom. The topological polar surface area (TPSA) is 19.9 Å². The molecule has 35 valence electrons. The van der Waals surface area contributed by atoms with Crippen molar-refractivity contribution in [1.29, 1.82) is 0 Å². The summed E-state index contributed by atoms with van der Waals surface area (Å²) in [5.41, 5.74) is 0. The molecule has 1 nitrogen and oxygen atoms in total. The first-order chi connectivity index (χ1) is 2.89. The summed E-state index contributed by atoms with van der Waals surface area (Å²) in [7, 11) is 0. The molecule has 1 fully saturated rings. The standard InChI is InChI=1S/C4H7OS/c5-4-1-2-6-3-4/h4H,1-3H2. The summed E-state index contributed by atoms with van der Waals surface area (Å²) in [6, 6.07) is 0. The van der Waals surface area contributed by atoms with Crippen molar-refractivity contribution in [3.63, 3.8) is 0 Å². The van der Waals surface area contributed by atoms with Gasteiger partial charge in [-0.15, -0.1) is 0 Å². The van der Waals surface area contributed by atoms with Gasteiger partial charge in [-0.3, -0.25) is 0 Å². The molecule has 6 heavy (non-hydrogen) atoms. The van der Waals surface area contributed by atoms with Crippen molar-refractivity contribution in [2.24, 2.45) is 0 Å². The fraction of sp³-hybridized carbons (Fsp3) is 1.00. The van der Waals surface area contributed by atoms with Crippen molar-refractivity contribution in [3.8, 4) is 0 Å². The Bertz CT molecular complexity index is 40.8. The minimum absolute atomic E-state index is 0.241. The molecule has 1 rings (SSSR count). The SMILES string of the molecule is [O]C1CCSC1. The van der Waals surface area contributed by atoms with Gasteiger partial charge in [-0.1, -0.05) is 0 Å². The third-order valence-electron chi connectivity index (χ3n) is 0.888. The van der Waals surface area contributed by atoms with Crippen LogP contribution in [-0.2, 0) is 5.11 Å². The molecular weight excluding hydrogens is 96.1 g/mol. The molecule has 0 aromatic heterocycles. The predicted octanol–water partition coefficient (Wildman–Crippen LogP) is 0.922. The van der Waals surface area contributed by atoms with Gasteiger partial charge in [-0.2, -0.15) is 11.8 Å². The van der Waals surface area contributed by atoms with Crippen LogP contribution in [0.25, 0.3) is 0 Å². The van der Waals surface area contributed by atoms with E-state index in [0.717, 1.165) is 17.9 Å². The van der Waals surface area contributed by atoms with Crippen LogP contribution in [0.4, 0.5) is 0 Å². The fourth-order valence-corrected chi connectivity index (χ4v) is 1.54. The van der Waals surface area contributed by atoms with E-state index in [4.69, 9.17) is 0 Å². The summed E-state index contributed by atoms with van der Waals surface area (Å²) in [5, 5.41) is 10.3. The monoisotopic (exact) mass is 103 g/mol. The van der Waals surface area contributed by atoms with Crippen molar-refractivity contribution in [3.05, 3.63) is 0 Å². The van der Waals surface area contributed by atoms with Crippen LogP contribution in [0.15, 0.2) is 0 Å². The van der Waals surface area contributed by atoms with Gasteiger partial charge in [0.1, 0.15) is 6.10 Å². The lowest BCUT2D eigenvalue weighted by Crippen LogP contribution is -1.98. The Hall–Kier alpha value is 0.310. The lowest BCUT2D eigenvalue weighted by molar-refractivity contribution is 0.112. The summed E-state index contributed by atoms with van der Waals surface area (Å²) in [5.74, 6) is 1.94. The molecule has 1 saturated heterocycles. The molecule has 0 aliphatic carbocycles. The third-order valence-corrected chi connectivity index (χ3v) is 2.02. The van der Waals surface area contributed by atoms with Crippen molar-refractivity contribution in [2.75, 3.05) is 11.5 Å². The van der Waals surface area contributed by atoms with Gasteiger partial charge in [0.25, 0.3) is 0 Å². The zero-order chi connectivity index (χ0) is 4.41. The first kappa shape index (κ1) is 4.47. The van der Waals surface area contributed by atoms with Crippen LogP contribution >= 0.6 is 11.8 Å². The fourth-order valence-electron chi connectivity index (χ4n) is 0.513. The van der Waals surface area contributed by atoms with Crippen molar-refractivity contribution in [2.45, 2.75) is 12.5 Å². The molecule has 2 heteroatoms. The first-order valence-electron chi connectivity index (χ1n) is 2.13. The van der Waals surface area contributed by atoms with Crippen LogP contribution in [0.1, 0.15) is 6.42 Å². The Kier molecular flexibility index (Phi) is 1.37. The Morgan fingerprint density at radius 2 is 2.50 bits per heavy atom. The molecule has 1 radical (unpaired) electrons. The normalized spacial score (nSPS) is 34.5. The maximum atomic E-state index is 10.3. The van der Waals surface area contributed by atoms with E-state index in [1.54, 1.807) is 11.8 Å². The summed E-state index contributed by atoms with van der Waals surface area (Å²) in [6.07, 6.45) is 0.653. The van der Waals surface area contributed by atoms with Gasteiger partial charge in [0.15, 0.2) is 0 Å². The maximum Gasteiger partial charge on any atom is 0.103 e. The van der Waals surface area contributed by atoms with Crippen LogP contribution in [0.5, 0.6) is 0 Å². The highest BCUT2D eigenvalue weighted by molar-refractivity contribution is 7.99. The molecule has 0 amide bonds. The van der Waals surface area contributed by atoms with Gasteiger partial charge >= 0.3 is 0 Å². The van der Waals surface area contributed by atoms with E-state index in [-0.39, 0.29) is 6.10 Å². The van der Waals surface area contributed by atoms with Gasteiger partial charge < -0.3 is 0 Å². The molecule has 0 spiro atoms. The summed E-state index contributed by atoms with van der Waals surface area (Å²) >= 11 is 1.77. The molecule has 0 aromatic rings. The van der Waals surface area contributed by atoms with Gasteiger partial charge in [0, 0.05) is 5.75 Å². The van der Waals surface area contributed by atoms with Crippen LogP contribution < -0.4 is 0 Å². The molecular formula is C4H7OS. The third kappa shape index (κ3) is 0.884. The molecule has 0 saturated carbocycles. The zero-order valence-corrected chi connectivity index (χ0v) is 4.33. The largest absolute Gasteiger partial charge is 0.232 e. The van der Waals surface area contributed by atoms with Gasteiger partial charge in [-0.25, -0.2) is 5.11 Å². The summed E-state index contributed by atoms with van der Waals surface area (Å²) in [6.45, 7) is 0.